The average Bonchev–Trinajstić information content (AvgIpc) is 1.12. The molecule has 9 nitrogen and oxygen atoms in total. The van der Waals surface area contributed by atoms with E-state index in [1.807, 2.05) is 0 Å². The topological polar surface area (TPSA) is 186 Å². The molecule has 0 heterocycles. The summed E-state index contributed by atoms with van der Waals surface area (Å²) >= 11 is -11.0. The van der Waals surface area contributed by atoms with E-state index in [0.29, 0.717) is 0 Å². The van der Waals surface area contributed by atoms with Gasteiger partial charge in [0.15, 0.2) is 0 Å². The van der Waals surface area contributed by atoms with Gasteiger partial charge in [-0.1, -0.05) is 0 Å². The smallest absolute Gasteiger partial charge is 2.00 e. The van der Waals surface area contributed by atoms with Crippen LogP contribution in [0.1, 0.15) is 0 Å². The van der Waals surface area contributed by atoms with E-state index >= 15 is 0 Å². The first-order chi connectivity index (χ1) is 4.00. The molecule has 0 saturated heterocycles. The monoisotopic (exact) mass is 316 g/mol. The zero-order valence-electron chi connectivity index (χ0n) is 5.37. The second-order valence-corrected chi connectivity index (χ2v) is 3.53. The maximum Gasteiger partial charge on any atom is 2.00 e. The van der Waals surface area contributed by atoms with Crippen molar-refractivity contribution in [3.8, 4) is 0 Å². The normalized spacial score (nSPS) is 9.67. The van der Waals surface area contributed by atoms with Crippen LogP contribution in [0.3, 0.4) is 0 Å². The summed E-state index contributed by atoms with van der Waals surface area (Å²) in [5.74, 6) is 0. The summed E-state index contributed by atoms with van der Waals surface area (Å²) in [6.45, 7) is 0. The predicted molar refractivity (Wildman–Crippen MR) is 10.8 cm³/mol. The van der Waals surface area contributed by atoms with Gasteiger partial charge in [0, 0.05) is 0 Å². The second kappa shape index (κ2) is 8.29. The van der Waals surface area contributed by atoms with Gasteiger partial charge in [-0.15, -0.1) is 0 Å². The largest absolute Gasteiger partial charge is 2.00 e. The van der Waals surface area contributed by atoms with Crippen LogP contribution in [0.2, 0.25) is 0 Å². The van der Waals surface area contributed by atoms with Gasteiger partial charge in [0.2, 0.25) is 0 Å². The van der Waals surface area contributed by atoms with Crippen LogP contribution in [0.4, 0.5) is 0 Å². The fraction of sp³-hybridized carbons (Fsp3) is 0. The Balaban J connectivity index is -0.0000000457. The van der Waals surface area contributed by atoms with Crippen molar-refractivity contribution in [3.05, 3.63) is 0 Å². The molecule has 4 N–H and O–H groups in total. The third-order valence-electron chi connectivity index (χ3n) is 0. The van der Waals surface area contributed by atoms with Crippen LogP contribution in [0.5, 0.6) is 0 Å². The molecule has 0 bridgehead atoms. The third kappa shape index (κ3) is 2120. The predicted octanol–water partition coefficient (Wildman–Crippen LogP) is -4.80. The molecule has 0 aromatic rings. The van der Waals surface area contributed by atoms with Crippen molar-refractivity contribution in [1.82, 2.24) is 0 Å². The van der Waals surface area contributed by atoms with Gasteiger partial charge in [-0.2, -0.15) is 0 Å². The number of hydrogen-bond acceptors (Lipinski definition) is 6. The Morgan fingerprint density at radius 3 is 0.917 bits per heavy atom. The minimum Gasteiger partial charge on any atom is 2.00 e. The Kier molecular flexibility index (Phi) is 15.9. The Hall–Kier alpha value is 0.688. The van der Waals surface area contributed by atoms with E-state index < -0.39 is 27.2 Å². The van der Waals surface area contributed by atoms with E-state index in [1.165, 1.54) is 0 Å². The van der Waals surface area contributed by atoms with E-state index in [1.54, 1.807) is 0 Å². The number of rotatable bonds is 0. The van der Waals surface area contributed by atoms with Crippen molar-refractivity contribution >= 4 is 0 Å². The number of hydrogen-bond donors (Lipinski definition) is 2. The molecule has 72 valence electrons. The summed E-state index contributed by atoms with van der Waals surface area (Å²) in [6, 6.07) is 0. The van der Waals surface area contributed by atoms with E-state index in [4.69, 9.17) is 31.8 Å². The van der Waals surface area contributed by atoms with Gasteiger partial charge in [0.25, 0.3) is 0 Å². The van der Waals surface area contributed by atoms with Crippen molar-refractivity contribution in [2.75, 3.05) is 0 Å². The molecule has 0 aliphatic carbocycles. The summed E-state index contributed by atoms with van der Waals surface area (Å²) in [7, 11) is 0. The quantitative estimate of drug-likeness (QED) is 0.416. The van der Waals surface area contributed by atoms with Gasteiger partial charge in [0.1, 0.15) is 0 Å². The molecule has 0 fully saturated rings. The zero-order valence-corrected chi connectivity index (χ0v) is 10.9. The van der Waals surface area contributed by atoms with Crippen LogP contribution >= 0.6 is 0 Å². The van der Waals surface area contributed by atoms with Crippen molar-refractivity contribution in [1.29, 1.82) is 0 Å². The SMILES string of the molecule is O.[O]=[Cr](=[O])([O-])[O-].[O]=[Cr](=[O])([OH])[OH].[Zn+2]. The molecule has 0 aromatic heterocycles. The molecule has 12 heavy (non-hydrogen) atoms. The van der Waals surface area contributed by atoms with E-state index in [9.17, 15) is 0 Å². The van der Waals surface area contributed by atoms with Crippen molar-refractivity contribution in [2.24, 2.45) is 0 Å². The van der Waals surface area contributed by atoms with Gasteiger partial charge in [-0.3, -0.25) is 0 Å². The third-order valence-corrected chi connectivity index (χ3v) is 0. The van der Waals surface area contributed by atoms with Gasteiger partial charge in [-0.25, -0.2) is 0 Å². The van der Waals surface area contributed by atoms with Crippen LogP contribution in [0, 0.1) is 0 Å². The second-order valence-electron chi connectivity index (χ2n) is 0.856. The Labute approximate surface area is 83.9 Å². The minimum absolute atomic E-state index is 0. The molecule has 0 radical (unpaired) electrons. The first-order valence-electron chi connectivity index (χ1n) is 1.37. The molecule has 12 heteroatoms. The van der Waals surface area contributed by atoms with Gasteiger partial charge >= 0.3 is 78.6 Å². The van der Waals surface area contributed by atoms with Crippen LogP contribution in [0.25, 0.3) is 0 Å². The maximum atomic E-state index is 8.82. The molecular weight excluding hydrogens is 313 g/mol. The van der Waals surface area contributed by atoms with Crippen LogP contribution in [0.15, 0.2) is 0 Å². The van der Waals surface area contributed by atoms with Gasteiger partial charge in [-0.05, 0) is 0 Å². The van der Waals surface area contributed by atoms with Gasteiger partial charge < -0.3 is 5.48 Å². The molecule has 0 atom stereocenters. The average molecular weight is 317 g/mol. The van der Waals surface area contributed by atoms with Crippen molar-refractivity contribution < 1.29 is 84.0 Å². The molecular formula is H4Cr2O9Zn. The maximum absolute atomic E-state index is 8.82. The Bertz CT molecular complexity index is 209. The molecule has 0 rings (SSSR count). The van der Waals surface area contributed by atoms with Crippen LogP contribution in [-0.4, -0.2) is 13.8 Å². The van der Waals surface area contributed by atoms with Gasteiger partial charge in [0.05, 0.1) is 0 Å². The molecule has 0 spiro atoms. The molecule has 0 amide bonds. The summed E-state index contributed by atoms with van der Waals surface area (Å²) in [5.41, 5.74) is 0. The molecule has 0 aliphatic heterocycles. The van der Waals surface area contributed by atoms with Crippen molar-refractivity contribution in [2.45, 2.75) is 0 Å². The van der Waals surface area contributed by atoms with Crippen molar-refractivity contribution in [3.63, 3.8) is 0 Å². The van der Waals surface area contributed by atoms with E-state index in [2.05, 4.69) is 0 Å². The summed E-state index contributed by atoms with van der Waals surface area (Å²) in [5, 5.41) is 0. The summed E-state index contributed by atoms with van der Waals surface area (Å²) in [4.78, 5) is 0. The van der Waals surface area contributed by atoms with E-state index in [0.717, 1.165) is 0 Å². The summed E-state index contributed by atoms with van der Waals surface area (Å²) in [6.07, 6.45) is 0. The van der Waals surface area contributed by atoms with Crippen LogP contribution < -0.4 is 8.32 Å². The van der Waals surface area contributed by atoms with Crippen LogP contribution in [-0.2, 0) is 61.9 Å². The van der Waals surface area contributed by atoms with E-state index in [-0.39, 0.29) is 25.0 Å². The standard InChI is InChI=1S/2Cr.3H2O.6O.Zn/h;;3*1H2;;;;;;;/q;+2;;;;;;;;2*-1;+2/p-2. The minimum atomic E-state index is -5.75. The fourth-order valence-corrected chi connectivity index (χ4v) is 0. The fourth-order valence-electron chi connectivity index (χ4n) is 0. The Morgan fingerprint density at radius 1 is 0.917 bits per heavy atom. The molecule has 0 aromatic carbocycles. The first kappa shape index (κ1) is 23.0. The first-order valence-corrected chi connectivity index (χ1v) is 5.63. The molecule has 0 saturated carbocycles. The Morgan fingerprint density at radius 2 is 0.917 bits per heavy atom. The summed E-state index contributed by atoms with van der Waals surface area (Å²) < 4.78 is 66.2. The molecule has 0 unspecified atom stereocenters. The zero-order chi connectivity index (χ0) is 9.00. The molecule has 0 aliphatic rings.